The van der Waals surface area contributed by atoms with Crippen molar-refractivity contribution in [1.29, 1.82) is 5.26 Å². The summed E-state index contributed by atoms with van der Waals surface area (Å²) in [5.74, 6) is 0. The molecule has 0 unspecified atom stereocenters. The molecule has 0 atom stereocenters. The third kappa shape index (κ3) is 2.67. The molecule has 2 rings (SSSR count). The van der Waals surface area contributed by atoms with E-state index in [1.165, 1.54) is 29.2 Å². The maximum absolute atomic E-state index is 11.0. The zero-order valence-electron chi connectivity index (χ0n) is 9.28. The first-order valence-corrected chi connectivity index (χ1v) is 6.58. The lowest BCUT2D eigenvalue weighted by Gasteiger charge is -2.00. The molecule has 0 spiro atoms. The van der Waals surface area contributed by atoms with Crippen LogP contribution in [0, 0.1) is 28.4 Å². The van der Waals surface area contributed by atoms with Crippen molar-refractivity contribution in [2.75, 3.05) is 0 Å². The highest BCUT2D eigenvalue weighted by Crippen LogP contribution is 2.36. The maximum atomic E-state index is 11.0. The van der Waals surface area contributed by atoms with Gasteiger partial charge in [-0.2, -0.15) is 5.26 Å². The summed E-state index contributed by atoms with van der Waals surface area (Å²) in [6.45, 7) is 1.87. The van der Waals surface area contributed by atoms with Gasteiger partial charge in [-0.1, -0.05) is 11.8 Å². The summed E-state index contributed by atoms with van der Waals surface area (Å²) in [5.41, 5.74) is 1.10. The summed E-state index contributed by atoms with van der Waals surface area (Å²) in [6, 6.07) is 6.32. The van der Waals surface area contributed by atoms with Gasteiger partial charge in [0.15, 0.2) is 4.34 Å². The number of nitriles is 1. The number of aryl methyl sites for hydroxylation is 1. The van der Waals surface area contributed by atoms with Gasteiger partial charge in [-0.05, 0) is 19.1 Å². The van der Waals surface area contributed by atoms with Crippen LogP contribution in [0.1, 0.15) is 11.3 Å². The van der Waals surface area contributed by atoms with E-state index in [0.29, 0.717) is 4.90 Å². The second-order valence-corrected chi connectivity index (χ2v) is 5.56. The van der Waals surface area contributed by atoms with Crippen LogP contribution >= 0.6 is 23.1 Å². The predicted octanol–water partition coefficient (Wildman–Crippen LogP) is 3.38. The quantitative estimate of drug-likeness (QED) is 0.634. The molecule has 0 aliphatic rings. The molecule has 90 valence electrons. The fourth-order valence-electron chi connectivity index (χ4n) is 1.29. The van der Waals surface area contributed by atoms with E-state index in [4.69, 9.17) is 5.26 Å². The van der Waals surface area contributed by atoms with Gasteiger partial charge in [0.25, 0.3) is 5.69 Å². The van der Waals surface area contributed by atoms with Crippen molar-refractivity contribution in [2.45, 2.75) is 16.2 Å². The van der Waals surface area contributed by atoms with Gasteiger partial charge < -0.3 is 0 Å². The van der Waals surface area contributed by atoms with Crippen LogP contribution in [0.3, 0.4) is 0 Å². The van der Waals surface area contributed by atoms with Crippen molar-refractivity contribution >= 4 is 28.8 Å². The van der Waals surface area contributed by atoms with Gasteiger partial charge in [0.1, 0.15) is 0 Å². The highest BCUT2D eigenvalue weighted by Gasteiger charge is 2.16. The van der Waals surface area contributed by atoms with Crippen LogP contribution in [0.25, 0.3) is 0 Å². The number of nitro benzene ring substituents is 1. The van der Waals surface area contributed by atoms with E-state index in [2.05, 4.69) is 4.98 Å². The molecule has 18 heavy (non-hydrogen) atoms. The van der Waals surface area contributed by atoms with Gasteiger partial charge in [0, 0.05) is 17.1 Å². The molecule has 0 saturated heterocycles. The van der Waals surface area contributed by atoms with Crippen LogP contribution in [-0.4, -0.2) is 9.91 Å². The van der Waals surface area contributed by atoms with E-state index in [-0.39, 0.29) is 11.3 Å². The van der Waals surface area contributed by atoms with Crippen LogP contribution in [0.5, 0.6) is 0 Å². The molecule has 0 fully saturated rings. The van der Waals surface area contributed by atoms with Crippen LogP contribution in [0.15, 0.2) is 32.8 Å². The lowest BCUT2D eigenvalue weighted by Crippen LogP contribution is -1.91. The van der Waals surface area contributed by atoms with E-state index < -0.39 is 4.92 Å². The van der Waals surface area contributed by atoms with Crippen molar-refractivity contribution < 1.29 is 4.92 Å². The second kappa shape index (κ2) is 5.16. The number of rotatable bonds is 3. The summed E-state index contributed by atoms with van der Waals surface area (Å²) in [6.07, 6.45) is 0. The highest BCUT2D eigenvalue weighted by molar-refractivity contribution is 8.01. The Morgan fingerprint density at radius 1 is 1.56 bits per heavy atom. The van der Waals surface area contributed by atoms with Crippen molar-refractivity contribution in [1.82, 2.24) is 4.98 Å². The summed E-state index contributed by atoms with van der Waals surface area (Å²) >= 11 is 2.68. The smallest absolute Gasteiger partial charge is 0.258 e. The lowest BCUT2D eigenvalue weighted by atomic mass is 10.2. The third-order valence-electron chi connectivity index (χ3n) is 2.08. The molecule has 1 aromatic heterocycles. The topological polar surface area (TPSA) is 79.8 Å². The standard InChI is InChI=1S/C11H7N3O2S2/c1-7-6-17-11(13-7)18-10-3-2-8(5-12)4-9(10)14(15)16/h2-4,6H,1H3. The Hall–Kier alpha value is -1.91. The molecule has 1 heterocycles. The summed E-state index contributed by atoms with van der Waals surface area (Å²) in [7, 11) is 0. The largest absolute Gasteiger partial charge is 0.284 e. The molecule has 7 heteroatoms. The molecule has 0 aliphatic heterocycles. The Kier molecular flexibility index (Phi) is 3.60. The van der Waals surface area contributed by atoms with Gasteiger partial charge in [0.2, 0.25) is 0 Å². The maximum Gasteiger partial charge on any atom is 0.284 e. The second-order valence-electron chi connectivity index (χ2n) is 3.41. The van der Waals surface area contributed by atoms with E-state index >= 15 is 0 Å². The molecular formula is C11H7N3O2S2. The van der Waals surface area contributed by atoms with Crippen molar-refractivity contribution in [2.24, 2.45) is 0 Å². The number of benzene rings is 1. The SMILES string of the molecule is Cc1csc(Sc2ccc(C#N)cc2[N+](=O)[O-])n1. The van der Waals surface area contributed by atoms with Crippen LogP contribution in [-0.2, 0) is 0 Å². The Morgan fingerprint density at radius 3 is 2.89 bits per heavy atom. The van der Waals surface area contributed by atoms with Gasteiger partial charge in [-0.25, -0.2) is 4.98 Å². The minimum Gasteiger partial charge on any atom is -0.258 e. The normalized spacial score (nSPS) is 10.0. The first-order valence-electron chi connectivity index (χ1n) is 4.88. The van der Waals surface area contributed by atoms with Crippen LogP contribution < -0.4 is 0 Å². The van der Waals surface area contributed by atoms with Gasteiger partial charge >= 0.3 is 0 Å². The van der Waals surface area contributed by atoms with Crippen molar-refractivity contribution in [3.05, 3.63) is 45.0 Å². The highest BCUT2D eigenvalue weighted by atomic mass is 32.2. The van der Waals surface area contributed by atoms with E-state index in [1.807, 2.05) is 18.4 Å². The van der Waals surface area contributed by atoms with Gasteiger partial charge in [-0.3, -0.25) is 10.1 Å². The number of hydrogen-bond acceptors (Lipinski definition) is 6. The number of hydrogen-bond donors (Lipinski definition) is 0. The molecule has 0 bridgehead atoms. The average Bonchev–Trinajstić information content (AvgIpc) is 2.75. The van der Waals surface area contributed by atoms with Gasteiger partial charge in [-0.15, -0.1) is 11.3 Å². The third-order valence-corrected chi connectivity index (χ3v) is 4.20. The van der Waals surface area contributed by atoms with Crippen LogP contribution in [0.4, 0.5) is 5.69 Å². The number of thiazole rings is 1. The molecule has 0 aliphatic carbocycles. The molecule has 2 aromatic rings. The molecule has 5 nitrogen and oxygen atoms in total. The van der Waals surface area contributed by atoms with Crippen LogP contribution in [0.2, 0.25) is 0 Å². The van der Waals surface area contributed by atoms with Gasteiger partial charge in [0.05, 0.1) is 21.5 Å². The first-order chi connectivity index (χ1) is 8.60. The molecular weight excluding hydrogens is 270 g/mol. The zero-order valence-corrected chi connectivity index (χ0v) is 10.9. The van der Waals surface area contributed by atoms with E-state index in [9.17, 15) is 10.1 Å². The lowest BCUT2D eigenvalue weighted by molar-refractivity contribution is -0.387. The summed E-state index contributed by atoms with van der Waals surface area (Å²) in [4.78, 5) is 15.2. The monoisotopic (exact) mass is 277 g/mol. The zero-order chi connectivity index (χ0) is 13.1. The molecule has 0 N–H and O–H groups in total. The summed E-state index contributed by atoms with van der Waals surface area (Å²) in [5, 5.41) is 21.6. The average molecular weight is 277 g/mol. The molecule has 0 saturated carbocycles. The van der Waals surface area contributed by atoms with E-state index in [0.717, 1.165) is 10.0 Å². The first kappa shape index (κ1) is 12.5. The minimum absolute atomic E-state index is 0.0631. The number of nitrogens with zero attached hydrogens (tertiary/aromatic N) is 3. The molecule has 0 radical (unpaired) electrons. The Balaban J connectivity index is 2.38. The fraction of sp³-hybridized carbons (Fsp3) is 0.0909. The number of nitro groups is 1. The number of aromatic nitrogens is 1. The molecule has 0 amide bonds. The summed E-state index contributed by atoms with van der Waals surface area (Å²) < 4.78 is 0.750. The predicted molar refractivity (Wildman–Crippen MR) is 68.8 cm³/mol. The van der Waals surface area contributed by atoms with Crippen molar-refractivity contribution in [3.8, 4) is 6.07 Å². The fourth-order valence-corrected chi connectivity index (χ4v) is 3.17. The minimum atomic E-state index is -0.483. The Bertz CT molecular complexity index is 646. The Labute approximate surface area is 111 Å². The van der Waals surface area contributed by atoms with E-state index in [1.54, 1.807) is 12.1 Å². The molecule has 1 aromatic carbocycles. The Morgan fingerprint density at radius 2 is 2.33 bits per heavy atom. The van der Waals surface area contributed by atoms with Crippen molar-refractivity contribution in [3.63, 3.8) is 0 Å².